The summed E-state index contributed by atoms with van der Waals surface area (Å²) in [7, 11) is 0. The SMILES string of the molecule is CCN(CC)c1nc(NCc2ccccc2)nc(N/N=C\c2ccc(C(C)C)cc2)n1. The van der Waals surface area contributed by atoms with Crippen molar-refractivity contribution in [3.05, 3.63) is 71.3 Å². The van der Waals surface area contributed by atoms with E-state index in [1.54, 1.807) is 6.21 Å². The Kier molecular flexibility index (Phi) is 7.92. The molecule has 0 bridgehead atoms. The fourth-order valence-electron chi connectivity index (χ4n) is 3.05. The molecule has 162 valence electrons. The van der Waals surface area contributed by atoms with Gasteiger partial charge in [-0.1, -0.05) is 68.4 Å². The molecule has 31 heavy (non-hydrogen) atoms. The normalized spacial score (nSPS) is 11.1. The number of hydrogen-bond acceptors (Lipinski definition) is 7. The van der Waals surface area contributed by atoms with Crippen molar-refractivity contribution in [2.24, 2.45) is 5.10 Å². The van der Waals surface area contributed by atoms with E-state index < -0.39 is 0 Å². The lowest BCUT2D eigenvalue weighted by molar-refractivity contribution is 0.812. The lowest BCUT2D eigenvalue weighted by Crippen LogP contribution is -2.25. The van der Waals surface area contributed by atoms with Crippen molar-refractivity contribution in [2.45, 2.75) is 40.2 Å². The van der Waals surface area contributed by atoms with Crippen LogP contribution in [0.25, 0.3) is 0 Å². The monoisotopic (exact) mass is 417 g/mol. The molecule has 0 aliphatic heterocycles. The summed E-state index contributed by atoms with van der Waals surface area (Å²) >= 11 is 0. The van der Waals surface area contributed by atoms with Crippen molar-refractivity contribution in [3.63, 3.8) is 0 Å². The molecule has 2 N–H and O–H groups in total. The van der Waals surface area contributed by atoms with Crippen LogP contribution in [-0.4, -0.2) is 34.3 Å². The summed E-state index contributed by atoms with van der Waals surface area (Å²) in [5, 5.41) is 7.61. The van der Waals surface area contributed by atoms with E-state index in [0.29, 0.717) is 30.3 Å². The lowest BCUT2D eigenvalue weighted by Gasteiger charge is -2.19. The van der Waals surface area contributed by atoms with Crippen LogP contribution >= 0.6 is 0 Å². The number of nitrogens with zero attached hydrogens (tertiary/aromatic N) is 5. The summed E-state index contributed by atoms with van der Waals surface area (Å²) in [6.07, 6.45) is 1.77. The van der Waals surface area contributed by atoms with E-state index in [1.807, 2.05) is 18.2 Å². The molecule has 1 heterocycles. The van der Waals surface area contributed by atoms with Crippen molar-refractivity contribution < 1.29 is 0 Å². The number of rotatable bonds is 10. The predicted octanol–water partition coefficient (Wildman–Crippen LogP) is 4.90. The molecule has 3 aromatic rings. The Bertz CT molecular complexity index is 965. The van der Waals surface area contributed by atoms with Crippen molar-refractivity contribution in [3.8, 4) is 0 Å². The largest absolute Gasteiger partial charge is 0.350 e. The first kappa shape index (κ1) is 22.2. The predicted molar refractivity (Wildman–Crippen MR) is 129 cm³/mol. The number of aromatic nitrogens is 3. The highest BCUT2D eigenvalue weighted by atomic mass is 15.4. The molecule has 0 spiro atoms. The van der Waals surface area contributed by atoms with Crippen LogP contribution < -0.4 is 15.6 Å². The Morgan fingerprint density at radius 3 is 2.23 bits per heavy atom. The van der Waals surface area contributed by atoms with Crippen LogP contribution in [0.1, 0.15) is 50.3 Å². The first-order valence-electron chi connectivity index (χ1n) is 10.8. The van der Waals surface area contributed by atoms with Crippen molar-refractivity contribution >= 4 is 24.1 Å². The van der Waals surface area contributed by atoms with Gasteiger partial charge in [0.25, 0.3) is 0 Å². The van der Waals surface area contributed by atoms with Crippen LogP contribution in [0.3, 0.4) is 0 Å². The molecule has 0 atom stereocenters. The first-order chi connectivity index (χ1) is 15.1. The molecule has 0 unspecified atom stereocenters. The van der Waals surface area contributed by atoms with Crippen molar-refractivity contribution in [1.29, 1.82) is 0 Å². The number of hydrazone groups is 1. The van der Waals surface area contributed by atoms with Gasteiger partial charge in [0, 0.05) is 19.6 Å². The fourth-order valence-corrected chi connectivity index (χ4v) is 3.05. The highest BCUT2D eigenvalue weighted by molar-refractivity contribution is 5.80. The van der Waals surface area contributed by atoms with Crippen LogP contribution in [0.5, 0.6) is 0 Å². The summed E-state index contributed by atoms with van der Waals surface area (Å²) < 4.78 is 0. The highest BCUT2D eigenvalue weighted by Gasteiger charge is 2.11. The minimum absolute atomic E-state index is 0.405. The van der Waals surface area contributed by atoms with E-state index in [-0.39, 0.29) is 0 Å². The van der Waals surface area contributed by atoms with Gasteiger partial charge in [-0.2, -0.15) is 20.1 Å². The zero-order valence-corrected chi connectivity index (χ0v) is 18.7. The molecule has 2 aromatic carbocycles. The minimum Gasteiger partial charge on any atom is -0.350 e. The Balaban J connectivity index is 1.74. The smallest absolute Gasteiger partial charge is 0.250 e. The molecule has 0 aliphatic rings. The van der Waals surface area contributed by atoms with Gasteiger partial charge in [0.15, 0.2) is 0 Å². The van der Waals surface area contributed by atoms with Crippen molar-refractivity contribution in [2.75, 3.05) is 28.7 Å². The second-order valence-electron chi connectivity index (χ2n) is 7.49. The molecule has 0 fully saturated rings. The van der Waals surface area contributed by atoms with Crippen LogP contribution in [-0.2, 0) is 6.54 Å². The van der Waals surface area contributed by atoms with Gasteiger partial charge in [0.1, 0.15) is 0 Å². The Labute approximate surface area is 184 Å². The third kappa shape index (κ3) is 6.50. The van der Waals surface area contributed by atoms with Crippen LogP contribution in [0.4, 0.5) is 17.8 Å². The van der Waals surface area contributed by atoms with E-state index in [9.17, 15) is 0 Å². The van der Waals surface area contributed by atoms with Gasteiger partial charge in [-0.05, 0) is 36.5 Å². The van der Waals surface area contributed by atoms with Gasteiger partial charge in [0.2, 0.25) is 17.8 Å². The highest BCUT2D eigenvalue weighted by Crippen LogP contribution is 2.16. The maximum absolute atomic E-state index is 4.58. The summed E-state index contributed by atoms with van der Waals surface area (Å²) in [6, 6.07) is 18.5. The molecule has 0 saturated heterocycles. The molecule has 7 heteroatoms. The van der Waals surface area contributed by atoms with E-state index >= 15 is 0 Å². The standard InChI is InChI=1S/C24H31N7/c1-5-31(6-2)24-28-22(25-16-19-10-8-7-9-11-19)27-23(29-24)30-26-17-20-12-14-21(15-13-20)18(3)4/h7-15,17-18H,5-6,16H2,1-4H3,(H2,25,27,28,29,30)/b26-17-. The average molecular weight is 418 g/mol. The number of hydrogen-bond donors (Lipinski definition) is 2. The Morgan fingerprint density at radius 1 is 0.903 bits per heavy atom. The van der Waals surface area contributed by atoms with Gasteiger partial charge in [-0.3, -0.25) is 0 Å². The number of nitrogens with one attached hydrogen (secondary N) is 2. The maximum atomic E-state index is 4.58. The van der Waals surface area contributed by atoms with Gasteiger partial charge in [-0.25, -0.2) is 5.43 Å². The van der Waals surface area contributed by atoms with Gasteiger partial charge >= 0.3 is 0 Å². The molecule has 0 radical (unpaired) electrons. The van der Waals surface area contributed by atoms with Crippen LogP contribution in [0, 0.1) is 0 Å². The zero-order chi connectivity index (χ0) is 22.1. The molecule has 1 aromatic heterocycles. The third-order valence-corrected chi connectivity index (χ3v) is 4.94. The van der Waals surface area contributed by atoms with Gasteiger partial charge in [-0.15, -0.1) is 0 Å². The number of benzene rings is 2. The molecule has 0 aliphatic carbocycles. The first-order valence-corrected chi connectivity index (χ1v) is 10.8. The summed E-state index contributed by atoms with van der Waals surface area (Å²) in [5.41, 5.74) is 6.43. The summed E-state index contributed by atoms with van der Waals surface area (Å²) in [4.78, 5) is 15.7. The maximum Gasteiger partial charge on any atom is 0.250 e. The lowest BCUT2D eigenvalue weighted by atomic mass is 10.0. The topological polar surface area (TPSA) is 78.3 Å². The second-order valence-corrected chi connectivity index (χ2v) is 7.49. The molecule has 3 rings (SSSR count). The van der Waals surface area contributed by atoms with E-state index in [1.165, 1.54) is 5.56 Å². The number of anilines is 3. The van der Waals surface area contributed by atoms with Crippen molar-refractivity contribution in [1.82, 2.24) is 15.0 Å². The molecular formula is C24H31N7. The van der Waals surface area contributed by atoms with Gasteiger partial charge in [0.05, 0.1) is 6.21 Å². The van der Waals surface area contributed by atoms with Crippen LogP contribution in [0.2, 0.25) is 0 Å². The molecule has 0 saturated carbocycles. The zero-order valence-electron chi connectivity index (χ0n) is 18.7. The van der Waals surface area contributed by atoms with Crippen LogP contribution in [0.15, 0.2) is 59.7 Å². The second kappa shape index (κ2) is 11.1. The quantitative estimate of drug-likeness (QED) is 0.361. The van der Waals surface area contributed by atoms with Gasteiger partial charge < -0.3 is 10.2 Å². The summed E-state index contributed by atoms with van der Waals surface area (Å²) in [6.45, 7) is 10.8. The molecule has 7 nitrogen and oxygen atoms in total. The molecular weight excluding hydrogens is 386 g/mol. The van der Waals surface area contributed by atoms with E-state index in [2.05, 4.69) is 99.8 Å². The Hall–Kier alpha value is -3.48. The summed E-state index contributed by atoms with van der Waals surface area (Å²) in [5.74, 6) is 2.05. The Morgan fingerprint density at radius 2 is 1.58 bits per heavy atom. The van der Waals surface area contributed by atoms with E-state index in [4.69, 9.17) is 0 Å². The minimum atomic E-state index is 0.405. The average Bonchev–Trinajstić information content (AvgIpc) is 2.79. The third-order valence-electron chi connectivity index (χ3n) is 4.94. The molecule has 0 amide bonds. The fraction of sp³-hybridized carbons (Fsp3) is 0.333. The van der Waals surface area contributed by atoms with E-state index in [0.717, 1.165) is 24.2 Å².